The molecule has 0 saturated heterocycles. The number of diazo groups is 1. The molecule has 5 heteroatoms. The van der Waals surface area contributed by atoms with Gasteiger partial charge in [-0.2, -0.15) is 0 Å². The molecule has 1 aliphatic carbocycles. The lowest BCUT2D eigenvalue weighted by Gasteiger charge is -2.18. The molecule has 1 aliphatic rings. The fourth-order valence-electron chi connectivity index (χ4n) is 2.62. The molecule has 21 heavy (non-hydrogen) atoms. The first kappa shape index (κ1) is 14.9. The van der Waals surface area contributed by atoms with Crippen LogP contribution in [0.5, 0.6) is 0 Å². The van der Waals surface area contributed by atoms with Crippen molar-refractivity contribution in [3.8, 4) is 0 Å². The summed E-state index contributed by atoms with van der Waals surface area (Å²) in [4.78, 5) is 26.5. The molecule has 2 rings (SSSR count). The molecule has 0 amide bonds. The van der Waals surface area contributed by atoms with E-state index in [1.165, 1.54) is 0 Å². The van der Waals surface area contributed by atoms with E-state index in [4.69, 9.17) is 5.39 Å². The van der Waals surface area contributed by atoms with E-state index in [0.717, 1.165) is 12.8 Å². The summed E-state index contributed by atoms with van der Waals surface area (Å²) in [7, 11) is 0. The van der Waals surface area contributed by atoms with Crippen LogP contribution in [0.3, 0.4) is 0 Å². The second-order valence-corrected chi connectivity index (χ2v) is 5.29. The van der Waals surface area contributed by atoms with Crippen LogP contribution in [0.1, 0.15) is 37.7 Å². The van der Waals surface area contributed by atoms with Crippen molar-refractivity contribution in [3.05, 3.63) is 46.6 Å². The number of carbonyl (C=O) groups is 2. The molecule has 1 unspecified atom stereocenters. The Morgan fingerprint density at radius 1 is 1.33 bits per heavy atom. The van der Waals surface area contributed by atoms with Crippen LogP contribution >= 0.6 is 0 Å². The van der Waals surface area contributed by atoms with Crippen molar-refractivity contribution in [1.29, 1.82) is 5.39 Å². The predicted octanol–water partition coefficient (Wildman–Crippen LogP) is 3.48. The van der Waals surface area contributed by atoms with Gasteiger partial charge in [0.15, 0.2) is 4.98 Å². The van der Waals surface area contributed by atoms with E-state index in [9.17, 15) is 14.7 Å². The second kappa shape index (κ2) is 6.80. The summed E-state index contributed by atoms with van der Waals surface area (Å²) < 4.78 is 0. The molecule has 1 atom stereocenters. The SMILES string of the molecule is N#[N+]/C(C(=O)CC1CCCC(=O)C1)=C(/O)c1ccccc1. The van der Waals surface area contributed by atoms with Gasteiger partial charge in [-0.3, -0.25) is 9.59 Å². The summed E-state index contributed by atoms with van der Waals surface area (Å²) in [6, 6.07) is 8.45. The molecular formula is C16H17N2O3+. The van der Waals surface area contributed by atoms with Crippen LogP contribution < -0.4 is 0 Å². The third kappa shape index (κ3) is 3.76. The average Bonchev–Trinajstić information content (AvgIpc) is 2.48. The van der Waals surface area contributed by atoms with Crippen LogP contribution in [-0.4, -0.2) is 16.7 Å². The quantitative estimate of drug-likeness (QED) is 0.521. The number of aliphatic hydroxyl groups excluding tert-OH is 1. The molecule has 108 valence electrons. The molecule has 1 aromatic rings. The molecule has 1 N–H and O–H groups in total. The van der Waals surface area contributed by atoms with Crippen LogP contribution in [0.25, 0.3) is 10.7 Å². The monoisotopic (exact) mass is 285 g/mol. The van der Waals surface area contributed by atoms with Crippen LogP contribution in [-0.2, 0) is 9.59 Å². The van der Waals surface area contributed by atoms with Crippen molar-refractivity contribution in [2.24, 2.45) is 5.92 Å². The van der Waals surface area contributed by atoms with E-state index in [-0.39, 0.29) is 29.6 Å². The lowest BCUT2D eigenvalue weighted by molar-refractivity contribution is -0.122. The standard InChI is InChI=1S/C16H16N2O3/c17-18-15(16(21)12-6-2-1-3-7-12)14(20)10-11-5-4-8-13(19)9-11/h1-3,6-7,11H,4-5,8-10H2/p+1. The van der Waals surface area contributed by atoms with Gasteiger partial charge in [0.2, 0.25) is 11.2 Å². The van der Waals surface area contributed by atoms with Crippen molar-refractivity contribution in [2.45, 2.75) is 32.1 Å². The number of ketones is 2. The fraction of sp³-hybridized carbons (Fsp3) is 0.375. The smallest absolute Gasteiger partial charge is 0.468 e. The number of hydrogen-bond donors (Lipinski definition) is 1. The topological polar surface area (TPSA) is 82.5 Å². The number of rotatable bonds is 4. The summed E-state index contributed by atoms with van der Waals surface area (Å²) >= 11 is 0. The zero-order valence-electron chi connectivity index (χ0n) is 11.7. The molecule has 0 heterocycles. The maximum atomic E-state index is 12.2. The largest absolute Gasteiger partial charge is 0.501 e. The first-order valence-electron chi connectivity index (χ1n) is 7.00. The highest BCUT2D eigenvalue weighted by Gasteiger charge is 2.32. The van der Waals surface area contributed by atoms with Crippen LogP contribution in [0.2, 0.25) is 0 Å². The van der Waals surface area contributed by atoms with Gasteiger partial charge in [0.25, 0.3) is 5.78 Å². The minimum atomic E-state index is -0.446. The molecule has 0 aliphatic heterocycles. The van der Waals surface area contributed by atoms with E-state index >= 15 is 0 Å². The number of benzene rings is 1. The van der Waals surface area contributed by atoms with E-state index < -0.39 is 5.78 Å². The number of allylic oxidation sites excluding steroid dienone is 1. The highest BCUT2D eigenvalue weighted by molar-refractivity contribution is 6.03. The van der Waals surface area contributed by atoms with Gasteiger partial charge in [-0.15, -0.1) is 0 Å². The average molecular weight is 285 g/mol. The Balaban J connectivity index is 2.15. The molecule has 1 saturated carbocycles. The highest BCUT2D eigenvalue weighted by atomic mass is 16.3. The Kier molecular flexibility index (Phi) is 4.83. The molecule has 1 fully saturated rings. The highest BCUT2D eigenvalue weighted by Crippen LogP contribution is 2.27. The predicted molar refractivity (Wildman–Crippen MR) is 77.7 cm³/mol. The zero-order valence-corrected chi connectivity index (χ0v) is 11.7. The molecule has 0 aromatic heterocycles. The van der Waals surface area contributed by atoms with Gasteiger partial charge in [-0.25, -0.2) is 0 Å². The molecule has 0 radical (unpaired) electrons. The van der Waals surface area contributed by atoms with Crippen molar-refractivity contribution >= 4 is 17.3 Å². The van der Waals surface area contributed by atoms with Crippen LogP contribution in [0, 0.1) is 11.3 Å². The van der Waals surface area contributed by atoms with E-state index in [0.29, 0.717) is 18.4 Å². The fourth-order valence-corrected chi connectivity index (χ4v) is 2.62. The zero-order chi connectivity index (χ0) is 15.2. The van der Waals surface area contributed by atoms with Gasteiger partial charge in [0, 0.05) is 24.8 Å². The van der Waals surface area contributed by atoms with Gasteiger partial charge in [-0.05, 0) is 18.8 Å². The van der Waals surface area contributed by atoms with E-state index in [1.807, 2.05) is 0 Å². The number of carbonyl (C=O) groups excluding carboxylic acids is 2. The Labute approximate surface area is 122 Å². The Morgan fingerprint density at radius 2 is 2.05 bits per heavy atom. The minimum Gasteiger partial charge on any atom is -0.501 e. The van der Waals surface area contributed by atoms with Gasteiger partial charge in [0.05, 0.1) is 0 Å². The van der Waals surface area contributed by atoms with Crippen molar-refractivity contribution in [2.75, 3.05) is 0 Å². The van der Waals surface area contributed by atoms with E-state index in [1.54, 1.807) is 30.3 Å². The van der Waals surface area contributed by atoms with Crippen molar-refractivity contribution in [3.63, 3.8) is 0 Å². The number of aliphatic hydroxyl groups is 1. The van der Waals surface area contributed by atoms with E-state index in [2.05, 4.69) is 4.98 Å². The molecule has 1 aromatic carbocycles. The summed E-state index contributed by atoms with van der Waals surface area (Å²) in [5.41, 5.74) is 0.0672. The third-order valence-corrected chi connectivity index (χ3v) is 3.69. The number of hydrogen-bond acceptors (Lipinski definition) is 4. The van der Waals surface area contributed by atoms with Gasteiger partial charge < -0.3 is 5.11 Å². The lowest BCUT2D eigenvalue weighted by atomic mass is 9.84. The van der Waals surface area contributed by atoms with Gasteiger partial charge in [0.1, 0.15) is 5.78 Å². The first-order chi connectivity index (χ1) is 10.1. The number of nitrogens with zero attached hydrogens (tertiary/aromatic N) is 2. The summed E-state index contributed by atoms with van der Waals surface area (Å²) in [6.07, 6.45) is 2.67. The first-order valence-corrected chi connectivity index (χ1v) is 7.00. The Hall–Kier alpha value is -2.48. The summed E-state index contributed by atoms with van der Waals surface area (Å²) in [6.45, 7) is 0. The number of Topliss-reactive ketones (excluding diaryl/α,β-unsaturated/α-hetero) is 2. The molecule has 0 spiro atoms. The molecule has 0 bridgehead atoms. The second-order valence-electron chi connectivity index (χ2n) is 5.29. The minimum absolute atomic E-state index is 0.0286. The van der Waals surface area contributed by atoms with Crippen LogP contribution in [0.15, 0.2) is 36.0 Å². The maximum absolute atomic E-state index is 12.2. The molecular weight excluding hydrogens is 268 g/mol. The molecule has 5 nitrogen and oxygen atoms in total. The lowest BCUT2D eigenvalue weighted by Crippen LogP contribution is -2.18. The van der Waals surface area contributed by atoms with Crippen molar-refractivity contribution in [1.82, 2.24) is 0 Å². The third-order valence-electron chi connectivity index (χ3n) is 3.69. The Morgan fingerprint density at radius 3 is 2.67 bits per heavy atom. The van der Waals surface area contributed by atoms with Crippen molar-refractivity contribution < 1.29 is 14.7 Å². The maximum Gasteiger partial charge on any atom is 0.468 e. The van der Waals surface area contributed by atoms with Gasteiger partial charge >= 0.3 is 5.70 Å². The summed E-state index contributed by atoms with van der Waals surface area (Å²) in [5.74, 6) is -0.652. The van der Waals surface area contributed by atoms with Gasteiger partial charge in [-0.1, -0.05) is 30.3 Å². The Bertz CT molecular complexity index is 614. The van der Waals surface area contributed by atoms with Crippen LogP contribution in [0.4, 0.5) is 0 Å². The normalized spacial score (nSPS) is 19.6. The summed E-state index contributed by atoms with van der Waals surface area (Å²) in [5, 5.41) is 19.1.